The fraction of sp³-hybridized carbons (Fsp3) is 0.846. The molecule has 1 aromatic heterocycles. The summed E-state index contributed by atoms with van der Waals surface area (Å²) in [5.74, 6) is 0.469. The predicted molar refractivity (Wildman–Crippen MR) is 74.6 cm³/mol. The van der Waals surface area contributed by atoms with Gasteiger partial charge >= 0.3 is 0 Å². The molecule has 0 aliphatic heterocycles. The first-order chi connectivity index (χ1) is 8.20. The molecule has 0 fully saturated rings. The molecule has 0 aliphatic carbocycles. The Morgan fingerprint density at radius 1 is 1.24 bits per heavy atom. The van der Waals surface area contributed by atoms with Crippen molar-refractivity contribution in [3.05, 3.63) is 10.6 Å². The molecule has 0 bridgehead atoms. The third-order valence-corrected chi connectivity index (χ3v) is 3.74. The number of nitrogens with zero attached hydrogens (tertiary/aromatic N) is 2. The van der Waals surface area contributed by atoms with E-state index in [1.54, 1.807) is 11.5 Å². The van der Waals surface area contributed by atoms with E-state index < -0.39 is 0 Å². The van der Waals surface area contributed by atoms with Crippen LogP contribution in [0.4, 0.5) is 0 Å². The van der Waals surface area contributed by atoms with Gasteiger partial charge in [-0.2, -0.15) is 0 Å². The van der Waals surface area contributed by atoms with Crippen molar-refractivity contribution in [2.24, 2.45) is 0 Å². The van der Waals surface area contributed by atoms with Crippen LogP contribution >= 0.6 is 11.5 Å². The largest absolute Gasteiger partial charge is 0.309 e. The third-order valence-electron chi connectivity index (χ3n) is 2.89. The Morgan fingerprint density at radius 3 is 2.59 bits per heavy atom. The first kappa shape index (κ1) is 14.6. The molecular weight excluding hydrogens is 230 g/mol. The van der Waals surface area contributed by atoms with Crippen molar-refractivity contribution < 1.29 is 0 Å². The van der Waals surface area contributed by atoms with Crippen LogP contribution in [0.25, 0.3) is 0 Å². The van der Waals surface area contributed by atoms with E-state index in [0.717, 1.165) is 6.54 Å². The topological polar surface area (TPSA) is 37.8 Å². The summed E-state index contributed by atoms with van der Waals surface area (Å²) >= 11 is 1.56. The maximum Gasteiger partial charge on any atom is 0.0829 e. The summed E-state index contributed by atoms with van der Waals surface area (Å²) in [6.07, 6.45) is 4.87. The van der Waals surface area contributed by atoms with Crippen LogP contribution in [0.15, 0.2) is 0 Å². The summed E-state index contributed by atoms with van der Waals surface area (Å²) in [5.41, 5.74) is 1.18. The Hall–Kier alpha value is -0.480. The predicted octanol–water partition coefficient (Wildman–Crippen LogP) is 3.89. The molecule has 17 heavy (non-hydrogen) atoms. The molecule has 1 unspecified atom stereocenters. The van der Waals surface area contributed by atoms with Crippen LogP contribution in [-0.2, 0) is 0 Å². The van der Waals surface area contributed by atoms with Gasteiger partial charge in [0.25, 0.3) is 0 Å². The average Bonchev–Trinajstić information content (AvgIpc) is 2.78. The van der Waals surface area contributed by atoms with E-state index in [1.807, 2.05) is 0 Å². The number of hydrogen-bond donors (Lipinski definition) is 1. The summed E-state index contributed by atoms with van der Waals surface area (Å²) in [6.45, 7) is 9.90. The van der Waals surface area contributed by atoms with Crippen LogP contribution in [0.1, 0.15) is 75.9 Å². The Balaban J connectivity index is 2.75. The van der Waals surface area contributed by atoms with E-state index in [2.05, 4.69) is 42.6 Å². The smallest absolute Gasteiger partial charge is 0.0829 e. The number of unbranched alkanes of at least 4 members (excludes halogenated alkanes) is 1. The van der Waals surface area contributed by atoms with Crippen molar-refractivity contribution in [1.29, 1.82) is 0 Å². The van der Waals surface area contributed by atoms with Gasteiger partial charge in [0, 0.05) is 6.04 Å². The molecule has 0 aliphatic rings. The Bertz CT molecular complexity index is 301. The molecule has 0 spiro atoms. The lowest BCUT2D eigenvalue weighted by Gasteiger charge is -2.18. The minimum absolute atomic E-state index is 0.451. The van der Waals surface area contributed by atoms with Crippen molar-refractivity contribution in [3.8, 4) is 0 Å². The minimum Gasteiger partial charge on any atom is -0.309 e. The van der Waals surface area contributed by atoms with Crippen LogP contribution in [0, 0.1) is 0 Å². The molecule has 1 N–H and O–H groups in total. The van der Waals surface area contributed by atoms with Crippen LogP contribution in [-0.4, -0.2) is 16.1 Å². The Labute approximate surface area is 109 Å². The van der Waals surface area contributed by atoms with Crippen LogP contribution in [0.2, 0.25) is 0 Å². The second-order valence-corrected chi connectivity index (χ2v) is 5.61. The minimum atomic E-state index is 0.451. The van der Waals surface area contributed by atoms with Gasteiger partial charge < -0.3 is 5.32 Å². The van der Waals surface area contributed by atoms with E-state index in [1.165, 1.54) is 36.3 Å². The van der Waals surface area contributed by atoms with Gasteiger partial charge in [0.15, 0.2) is 0 Å². The Kier molecular flexibility index (Phi) is 6.66. The third kappa shape index (κ3) is 4.36. The first-order valence-electron chi connectivity index (χ1n) is 6.76. The zero-order valence-electron chi connectivity index (χ0n) is 11.5. The second kappa shape index (κ2) is 7.77. The molecule has 0 aromatic carbocycles. The summed E-state index contributed by atoms with van der Waals surface area (Å²) in [7, 11) is 0. The molecular formula is C13H25N3S. The number of aromatic nitrogens is 2. The Morgan fingerprint density at radius 2 is 2.00 bits per heavy atom. The molecule has 1 rings (SSSR count). The highest BCUT2D eigenvalue weighted by Crippen LogP contribution is 2.29. The summed E-state index contributed by atoms with van der Waals surface area (Å²) < 4.78 is 4.13. The molecule has 0 radical (unpaired) electrons. The SMILES string of the molecule is CCCCC(NCCC)c1snnc1C(C)C. The van der Waals surface area contributed by atoms with Gasteiger partial charge in [-0.3, -0.25) is 0 Å². The maximum absolute atomic E-state index is 4.28. The van der Waals surface area contributed by atoms with Gasteiger partial charge in [0.1, 0.15) is 0 Å². The van der Waals surface area contributed by atoms with Gasteiger partial charge in [-0.1, -0.05) is 45.0 Å². The van der Waals surface area contributed by atoms with Gasteiger partial charge in [-0.05, 0) is 36.8 Å². The standard InChI is InChI=1S/C13H25N3S/c1-5-7-8-11(14-9-6-2)13-12(10(3)4)15-16-17-13/h10-11,14H,5-9H2,1-4H3. The molecule has 0 saturated heterocycles. The fourth-order valence-corrected chi connectivity index (χ4v) is 2.81. The molecule has 1 aromatic rings. The van der Waals surface area contributed by atoms with Gasteiger partial charge in [0.2, 0.25) is 0 Å². The zero-order valence-corrected chi connectivity index (χ0v) is 12.3. The molecule has 98 valence electrons. The lowest BCUT2D eigenvalue weighted by atomic mass is 10.0. The first-order valence-corrected chi connectivity index (χ1v) is 7.53. The number of nitrogens with one attached hydrogen (secondary N) is 1. The highest BCUT2D eigenvalue weighted by atomic mass is 32.1. The van der Waals surface area contributed by atoms with E-state index in [9.17, 15) is 0 Å². The number of rotatable bonds is 8. The van der Waals surface area contributed by atoms with E-state index in [-0.39, 0.29) is 0 Å². The zero-order chi connectivity index (χ0) is 12.7. The summed E-state index contributed by atoms with van der Waals surface area (Å²) in [6, 6.07) is 0.451. The second-order valence-electron chi connectivity index (χ2n) is 4.83. The lowest BCUT2D eigenvalue weighted by molar-refractivity contribution is 0.482. The molecule has 1 atom stereocenters. The van der Waals surface area contributed by atoms with E-state index >= 15 is 0 Å². The molecule has 3 nitrogen and oxygen atoms in total. The van der Waals surface area contributed by atoms with Crippen molar-refractivity contribution in [3.63, 3.8) is 0 Å². The highest BCUT2D eigenvalue weighted by Gasteiger charge is 2.19. The molecule has 4 heteroatoms. The quantitative estimate of drug-likeness (QED) is 0.765. The normalized spacial score (nSPS) is 13.2. The monoisotopic (exact) mass is 255 g/mol. The van der Waals surface area contributed by atoms with Crippen LogP contribution < -0.4 is 5.32 Å². The lowest BCUT2D eigenvalue weighted by Crippen LogP contribution is -2.22. The molecule has 1 heterocycles. The van der Waals surface area contributed by atoms with Crippen LogP contribution in [0.3, 0.4) is 0 Å². The van der Waals surface area contributed by atoms with E-state index in [0.29, 0.717) is 12.0 Å². The molecule has 0 amide bonds. The highest BCUT2D eigenvalue weighted by molar-refractivity contribution is 7.05. The van der Waals surface area contributed by atoms with Crippen molar-refractivity contribution >= 4 is 11.5 Å². The summed E-state index contributed by atoms with van der Waals surface area (Å²) in [5, 5.41) is 7.91. The van der Waals surface area contributed by atoms with E-state index in [4.69, 9.17) is 0 Å². The van der Waals surface area contributed by atoms with Crippen molar-refractivity contribution in [2.45, 2.75) is 65.3 Å². The van der Waals surface area contributed by atoms with Crippen LogP contribution in [0.5, 0.6) is 0 Å². The maximum atomic E-state index is 4.28. The van der Waals surface area contributed by atoms with Crippen molar-refractivity contribution in [2.75, 3.05) is 6.54 Å². The van der Waals surface area contributed by atoms with Gasteiger partial charge in [-0.15, -0.1) is 5.10 Å². The average molecular weight is 255 g/mol. The van der Waals surface area contributed by atoms with Gasteiger partial charge in [-0.25, -0.2) is 0 Å². The number of hydrogen-bond acceptors (Lipinski definition) is 4. The summed E-state index contributed by atoms with van der Waals surface area (Å²) in [4.78, 5) is 1.35. The van der Waals surface area contributed by atoms with Crippen molar-refractivity contribution in [1.82, 2.24) is 14.9 Å². The molecule has 0 saturated carbocycles. The fourth-order valence-electron chi connectivity index (χ4n) is 1.90. The van der Waals surface area contributed by atoms with Gasteiger partial charge in [0.05, 0.1) is 10.6 Å².